The maximum Gasteiger partial charge on any atom is 0.270 e. The van der Waals surface area contributed by atoms with E-state index in [1.54, 1.807) is 0 Å². The number of hydrogen-bond donors (Lipinski definition) is 1. The summed E-state index contributed by atoms with van der Waals surface area (Å²) in [5.74, 6) is 1.50. The van der Waals surface area contributed by atoms with Crippen LogP contribution >= 0.6 is 0 Å². The summed E-state index contributed by atoms with van der Waals surface area (Å²) in [7, 11) is 0. The lowest BCUT2D eigenvalue weighted by Gasteiger charge is -2.27. The predicted molar refractivity (Wildman–Crippen MR) is 79.8 cm³/mol. The number of hydrogen-bond acceptors (Lipinski definition) is 2. The van der Waals surface area contributed by atoms with Crippen molar-refractivity contribution in [3.63, 3.8) is 0 Å². The summed E-state index contributed by atoms with van der Waals surface area (Å²) in [6, 6.07) is 4.67. The van der Waals surface area contributed by atoms with Crippen LogP contribution < -0.4 is 5.32 Å². The van der Waals surface area contributed by atoms with Gasteiger partial charge in [0.25, 0.3) is 5.91 Å². The molecule has 20 heavy (non-hydrogen) atoms. The fourth-order valence-electron chi connectivity index (χ4n) is 3.95. The van der Waals surface area contributed by atoms with Crippen LogP contribution in [0.1, 0.15) is 43.7 Å². The average molecular weight is 275 g/mol. The van der Waals surface area contributed by atoms with Crippen molar-refractivity contribution in [1.82, 2.24) is 14.8 Å². The van der Waals surface area contributed by atoms with Crippen LogP contribution in [-0.4, -0.2) is 41.1 Å². The molecule has 1 aromatic heterocycles. The van der Waals surface area contributed by atoms with E-state index in [1.807, 2.05) is 18.3 Å². The molecular formula is C16H25N3O. The first kappa shape index (κ1) is 13.7. The SMILES string of the molecule is CCC1C2CNCC2CN1C(=O)c1cccn1C(C)C. The van der Waals surface area contributed by atoms with E-state index in [2.05, 4.69) is 35.6 Å². The summed E-state index contributed by atoms with van der Waals surface area (Å²) < 4.78 is 2.08. The second kappa shape index (κ2) is 5.24. The first-order valence-electron chi connectivity index (χ1n) is 7.82. The topological polar surface area (TPSA) is 37.3 Å². The summed E-state index contributed by atoms with van der Waals surface area (Å²) in [6.07, 6.45) is 3.06. The summed E-state index contributed by atoms with van der Waals surface area (Å²) in [5, 5.41) is 3.47. The third kappa shape index (κ3) is 2.06. The lowest BCUT2D eigenvalue weighted by atomic mass is 9.93. The monoisotopic (exact) mass is 275 g/mol. The Bertz CT molecular complexity index is 494. The van der Waals surface area contributed by atoms with Crippen LogP contribution in [-0.2, 0) is 0 Å². The van der Waals surface area contributed by atoms with E-state index in [0.29, 0.717) is 23.9 Å². The molecule has 0 radical (unpaired) electrons. The van der Waals surface area contributed by atoms with Gasteiger partial charge < -0.3 is 14.8 Å². The molecule has 0 aromatic carbocycles. The van der Waals surface area contributed by atoms with Crippen molar-refractivity contribution in [3.8, 4) is 0 Å². The Labute approximate surface area is 121 Å². The molecule has 0 saturated carbocycles. The Balaban J connectivity index is 1.85. The van der Waals surface area contributed by atoms with E-state index >= 15 is 0 Å². The van der Waals surface area contributed by atoms with Crippen LogP contribution in [0.25, 0.3) is 0 Å². The standard InChI is InChI=1S/C16H25N3O/c1-4-14-13-9-17-8-12(13)10-19(14)16(20)15-6-5-7-18(15)11(2)3/h5-7,11-14,17H,4,8-10H2,1-3H3. The Morgan fingerprint density at radius 2 is 2.25 bits per heavy atom. The molecule has 3 atom stereocenters. The maximum absolute atomic E-state index is 12.9. The van der Waals surface area contributed by atoms with Crippen LogP contribution in [0.5, 0.6) is 0 Å². The van der Waals surface area contributed by atoms with Gasteiger partial charge in [-0.3, -0.25) is 4.79 Å². The zero-order valence-corrected chi connectivity index (χ0v) is 12.7. The van der Waals surface area contributed by atoms with Gasteiger partial charge in [0.15, 0.2) is 0 Å². The van der Waals surface area contributed by atoms with Crippen molar-refractivity contribution in [2.75, 3.05) is 19.6 Å². The lowest BCUT2D eigenvalue weighted by molar-refractivity contribution is 0.0699. The van der Waals surface area contributed by atoms with Crippen LogP contribution in [0.4, 0.5) is 0 Å². The quantitative estimate of drug-likeness (QED) is 0.917. The van der Waals surface area contributed by atoms with Crippen molar-refractivity contribution in [2.24, 2.45) is 11.8 Å². The molecule has 0 bridgehead atoms. The molecular weight excluding hydrogens is 250 g/mol. The third-order valence-electron chi connectivity index (χ3n) is 4.95. The molecule has 2 fully saturated rings. The zero-order valence-electron chi connectivity index (χ0n) is 12.7. The number of amides is 1. The molecule has 2 aliphatic rings. The molecule has 1 amide bonds. The molecule has 0 aliphatic carbocycles. The minimum absolute atomic E-state index is 0.213. The average Bonchev–Trinajstić information content (AvgIpc) is 3.11. The van der Waals surface area contributed by atoms with Gasteiger partial charge >= 0.3 is 0 Å². The van der Waals surface area contributed by atoms with Gasteiger partial charge in [-0.1, -0.05) is 6.92 Å². The lowest BCUT2D eigenvalue weighted by Crippen LogP contribution is -2.40. The summed E-state index contributed by atoms with van der Waals surface area (Å²) in [5.41, 5.74) is 0.839. The molecule has 110 valence electrons. The fourth-order valence-corrected chi connectivity index (χ4v) is 3.95. The molecule has 1 N–H and O–H groups in total. The number of fused-ring (bicyclic) bond motifs is 1. The van der Waals surface area contributed by atoms with Gasteiger partial charge in [0.1, 0.15) is 5.69 Å². The van der Waals surface area contributed by atoms with Crippen molar-refractivity contribution < 1.29 is 4.79 Å². The third-order valence-corrected chi connectivity index (χ3v) is 4.95. The number of carbonyl (C=O) groups is 1. The Morgan fingerprint density at radius 1 is 1.45 bits per heavy atom. The van der Waals surface area contributed by atoms with Crippen molar-refractivity contribution in [3.05, 3.63) is 24.0 Å². The molecule has 3 heterocycles. The number of nitrogens with one attached hydrogen (secondary N) is 1. The summed E-state index contributed by atoms with van der Waals surface area (Å²) in [6.45, 7) is 9.49. The Hall–Kier alpha value is -1.29. The van der Waals surface area contributed by atoms with Crippen molar-refractivity contribution in [1.29, 1.82) is 0 Å². The number of carbonyl (C=O) groups excluding carboxylic acids is 1. The minimum Gasteiger partial charge on any atom is -0.341 e. The van der Waals surface area contributed by atoms with Crippen LogP contribution in [0.3, 0.4) is 0 Å². The molecule has 4 nitrogen and oxygen atoms in total. The Morgan fingerprint density at radius 3 is 2.95 bits per heavy atom. The highest BCUT2D eigenvalue weighted by Crippen LogP contribution is 2.35. The van der Waals surface area contributed by atoms with Gasteiger partial charge in [-0.2, -0.15) is 0 Å². The molecule has 4 heteroatoms. The van der Waals surface area contributed by atoms with Crippen LogP contribution in [0.15, 0.2) is 18.3 Å². The van der Waals surface area contributed by atoms with E-state index in [9.17, 15) is 4.79 Å². The van der Waals surface area contributed by atoms with Crippen LogP contribution in [0.2, 0.25) is 0 Å². The molecule has 3 unspecified atom stereocenters. The van der Waals surface area contributed by atoms with Gasteiger partial charge in [-0.05, 0) is 44.2 Å². The molecule has 2 saturated heterocycles. The normalized spacial score (nSPS) is 29.2. The highest BCUT2D eigenvalue weighted by molar-refractivity contribution is 5.93. The summed E-state index contributed by atoms with van der Waals surface area (Å²) in [4.78, 5) is 15.0. The van der Waals surface area contributed by atoms with Crippen LogP contribution in [0, 0.1) is 11.8 Å². The second-order valence-corrected chi connectivity index (χ2v) is 6.41. The minimum atomic E-state index is 0.213. The highest BCUT2D eigenvalue weighted by Gasteiger charge is 2.45. The highest BCUT2D eigenvalue weighted by atomic mass is 16.2. The van der Waals surface area contributed by atoms with E-state index in [1.165, 1.54) is 0 Å². The number of nitrogens with zero attached hydrogens (tertiary/aromatic N) is 2. The van der Waals surface area contributed by atoms with E-state index in [-0.39, 0.29) is 5.91 Å². The largest absolute Gasteiger partial charge is 0.341 e. The zero-order chi connectivity index (χ0) is 14.3. The fraction of sp³-hybridized carbons (Fsp3) is 0.688. The van der Waals surface area contributed by atoms with Gasteiger partial charge in [0.05, 0.1) is 0 Å². The van der Waals surface area contributed by atoms with E-state index < -0.39 is 0 Å². The molecule has 0 spiro atoms. The van der Waals surface area contributed by atoms with E-state index in [0.717, 1.165) is 31.7 Å². The van der Waals surface area contributed by atoms with Gasteiger partial charge in [0.2, 0.25) is 0 Å². The number of rotatable bonds is 3. The molecule has 2 aliphatic heterocycles. The number of likely N-dealkylation sites (tertiary alicyclic amines) is 1. The van der Waals surface area contributed by atoms with Gasteiger partial charge in [-0.15, -0.1) is 0 Å². The number of aromatic nitrogens is 1. The first-order chi connectivity index (χ1) is 9.63. The molecule has 1 aromatic rings. The summed E-state index contributed by atoms with van der Waals surface area (Å²) >= 11 is 0. The van der Waals surface area contributed by atoms with Gasteiger partial charge in [-0.25, -0.2) is 0 Å². The second-order valence-electron chi connectivity index (χ2n) is 6.41. The van der Waals surface area contributed by atoms with Gasteiger partial charge in [0, 0.05) is 37.9 Å². The first-order valence-corrected chi connectivity index (χ1v) is 7.82. The maximum atomic E-state index is 12.9. The molecule has 3 rings (SSSR count). The predicted octanol–water partition coefficient (Wildman–Crippen LogP) is 2.14. The van der Waals surface area contributed by atoms with Crippen molar-refractivity contribution in [2.45, 2.75) is 39.3 Å². The van der Waals surface area contributed by atoms with Crippen molar-refractivity contribution >= 4 is 5.91 Å². The van der Waals surface area contributed by atoms with E-state index in [4.69, 9.17) is 0 Å². The Kier molecular flexibility index (Phi) is 3.59. The smallest absolute Gasteiger partial charge is 0.270 e.